The molecule has 4 nitrogen and oxygen atoms in total. The molecule has 116 valence electrons. The van der Waals surface area contributed by atoms with Crippen LogP contribution in [0.3, 0.4) is 0 Å². The molecular weight excluding hydrogens is 370 g/mol. The van der Waals surface area contributed by atoms with E-state index >= 15 is 0 Å². The summed E-state index contributed by atoms with van der Waals surface area (Å²) in [7, 11) is 1.62. The van der Waals surface area contributed by atoms with Gasteiger partial charge in [0.05, 0.1) is 17.2 Å². The SMILES string of the molecule is COCCOc1ccc(NC(=O)c2cc(Br)ccc2Cl)cc1. The summed E-state index contributed by atoms with van der Waals surface area (Å²) in [6.45, 7) is 1.01. The zero-order valence-corrected chi connectivity index (χ0v) is 14.3. The first kappa shape index (κ1) is 16.8. The average molecular weight is 385 g/mol. The molecule has 0 radical (unpaired) electrons. The number of benzene rings is 2. The number of methoxy groups -OCH3 is 1. The molecule has 0 unspecified atom stereocenters. The monoisotopic (exact) mass is 383 g/mol. The normalized spacial score (nSPS) is 10.3. The number of amides is 1. The van der Waals surface area contributed by atoms with Gasteiger partial charge in [-0.3, -0.25) is 4.79 Å². The lowest BCUT2D eigenvalue weighted by molar-refractivity contribution is 0.102. The Morgan fingerprint density at radius 3 is 2.59 bits per heavy atom. The van der Waals surface area contributed by atoms with Gasteiger partial charge in [-0.15, -0.1) is 0 Å². The van der Waals surface area contributed by atoms with Crippen LogP contribution in [0.5, 0.6) is 5.75 Å². The molecule has 0 spiro atoms. The molecule has 0 aromatic heterocycles. The van der Waals surface area contributed by atoms with Crippen LogP contribution in [0, 0.1) is 0 Å². The van der Waals surface area contributed by atoms with E-state index in [1.165, 1.54) is 0 Å². The summed E-state index contributed by atoms with van der Waals surface area (Å²) >= 11 is 9.36. The van der Waals surface area contributed by atoms with E-state index in [1.54, 1.807) is 49.6 Å². The number of rotatable bonds is 6. The van der Waals surface area contributed by atoms with Crippen LogP contribution in [0.2, 0.25) is 5.02 Å². The molecular formula is C16H15BrClNO3. The van der Waals surface area contributed by atoms with E-state index in [4.69, 9.17) is 21.1 Å². The van der Waals surface area contributed by atoms with Crippen molar-refractivity contribution in [3.05, 3.63) is 57.5 Å². The van der Waals surface area contributed by atoms with Crippen molar-refractivity contribution in [2.75, 3.05) is 25.6 Å². The van der Waals surface area contributed by atoms with Crippen LogP contribution in [0.1, 0.15) is 10.4 Å². The fourth-order valence-corrected chi connectivity index (χ4v) is 2.31. The van der Waals surface area contributed by atoms with Crippen LogP contribution < -0.4 is 10.1 Å². The molecule has 0 aliphatic rings. The van der Waals surface area contributed by atoms with Crippen molar-refractivity contribution >= 4 is 39.1 Å². The van der Waals surface area contributed by atoms with E-state index in [2.05, 4.69) is 21.2 Å². The molecule has 0 bridgehead atoms. The Hall–Kier alpha value is -1.56. The zero-order valence-electron chi connectivity index (χ0n) is 11.9. The number of carbonyl (C=O) groups excluding carboxylic acids is 1. The predicted octanol–water partition coefficient (Wildman–Crippen LogP) is 4.38. The highest BCUT2D eigenvalue weighted by molar-refractivity contribution is 9.10. The van der Waals surface area contributed by atoms with Crippen LogP contribution in [-0.2, 0) is 4.74 Å². The lowest BCUT2D eigenvalue weighted by atomic mass is 10.2. The molecule has 2 aromatic carbocycles. The summed E-state index contributed by atoms with van der Waals surface area (Å²) < 4.78 is 11.2. The molecule has 0 aliphatic carbocycles. The molecule has 2 aromatic rings. The van der Waals surface area contributed by atoms with Gasteiger partial charge < -0.3 is 14.8 Å². The van der Waals surface area contributed by atoms with Gasteiger partial charge >= 0.3 is 0 Å². The van der Waals surface area contributed by atoms with Crippen LogP contribution in [-0.4, -0.2) is 26.2 Å². The topological polar surface area (TPSA) is 47.6 Å². The number of hydrogen-bond acceptors (Lipinski definition) is 3. The molecule has 0 fully saturated rings. The summed E-state index contributed by atoms with van der Waals surface area (Å²) in [5, 5.41) is 3.20. The number of carbonyl (C=O) groups is 1. The Balaban J connectivity index is 2.01. The molecule has 6 heteroatoms. The predicted molar refractivity (Wildman–Crippen MR) is 90.9 cm³/mol. The van der Waals surface area contributed by atoms with Crippen LogP contribution in [0.4, 0.5) is 5.69 Å². The van der Waals surface area contributed by atoms with Gasteiger partial charge in [-0.25, -0.2) is 0 Å². The fraction of sp³-hybridized carbons (Fsp3) is 0.188. The van der Waals surface area contributed by atoms with E-state index in [9.17, 15) is 4.79 Å². The number of ether oxygens (including phenoxy) is 2. The molecule has 1 N–H and O–H groups in total. The van der Waals surface area contributed by atoms with Crippen molar-refractivity contribution in [2.24, 2.45) is 0 Å². The molecule has 0 atom stereocenters. The van der Waals surface area contributed by atoms with E-state index in [1.807, 2.05) is 0 Å². The van der Waals surface area contributed by atoms with Crippen molar-refractivity contribution in [2.45, 2.75) is 0 Å². The maximum Gasteiger partial charge on any atom is 0.257 e. The Morgan fingerprint density at radius 2 is 1.91 bits per heavy atom. The van der Waals surface area contributed by atoms with Gasteiger partial charge in [0.15, 0.2) is 0 Å². The lowest BCUT2D eigenvalue weighted by Gasteiger charge is -2.09. The minimum absolute atomic E-state index is 0.264. The Kier molecular flexibility index (Phi) is 6.24. The zero-order chi connectivity index (χ0) is 15.9. The van der Waals surface area contributed by atoms with E-state index in [0.717, 1.165) is 10.2 Å². The third-order valence-electron chi connectivity index (χ3n) is 2.84. The van der Waals surface area contributed by atoms with Gasteiger partial charge in [0, 0.05) is 17.3 Å². The van der Waals surface area contributed by atoms with Crippen molar-refractivity contribution in [1.82, 2.24) is 0 Å². The maximum absolute atomic E-state index is 12.2. The molecule has 0 saturated carbocycles. The smallest absolute Gasteiger partial charge is 0.257 e. The van der Waals surface area contributed by atoms with Crippen LogP contribution >= 0.6 is 27.5 Å². The highest BCUT2D eigenvalue weighted by Crippen LogP contribution is 2.23. The largest absolute Gasteiger partial charge is 0.491 e. The minimum atomic E-state index is -0.264. The first-order chi connectivity index (χ1) is 10.6. The summed E-state index contributed by atoms with van der Waals surface area (Å²) in [6, 6.07) is 12.2. The maximum atomic E-state index is 12.2. The second kappa shape index (κ2) is 8.17. The number of halogens is 2. The Labute approximate surface area is 142 Å². The first-order valence-electron chi connectivity index (χ1n) is 6.58. The molecule has 0 saturated heterocycles. The third-order valence-corrected chi connectivity index (χ3v) is 3.66. The van der Waals surface area contributed by atoms with Crippen molar-refractivity contribution in [1.29, 1.82) is 0 Å². The van der Waals surface area contributed by atoms with E-state index in [0.29, 0.717) is 29.5 Å². The Bertz CT molecular complexity index is 646. The minimum Gasteiger partial charge on any atom is -0.491 e. The quantitative estimate of drug-likeness (QED) is 0.752. The molecule has 1 amide bonds. The van der Waals surface area contributed by atoms with Gasteiger partial charge in [-0.2, -0.15) is 0 Å². The number of anilines is 1. The highest BCUT2D eigenvalue weighted by atomic mass is 79.9. The van der Waals surface area contributed by atoms with Crippen molar-refractivity contribution < 1.29 is 14.3 Å². The van der Waals surface area contributed by atoms with E-state index < -0.39 is 0 Å². The molecule has 0 aliphatic heterocycles. The second-order valence-corrected chi connectivity index (χ2v) is 5.77. The lowest BCUT2D eigenvalue weighted by Crippen LogP contribution is -2.12. The average Bonchev–Trinajstić information content (AvgIpc) is 2.51. The fourth-order valence-electron chi connectivity index (χ4n) is 1.75. The van der Waals surface area contributed by atoms with Crippen LogP contribution in [0.25, 0.3) is 0 Å². The van der Waals surface area contributed by atoms with Gasteiger partial charge in [0.1, 0.15) is 12.4 Å². The number of hydrogen-bond donors (Lipinski definition) is 1. The second-order valence-electron chi connectivity index (χ2n) is 4.44. The Morgan fingerprint density at radius 1 is 1.18 bits per heavy atom. The summed E-state index contributed by atoms with van der Waals surface area (Å²) in [5.74, 6) is 0.454. The molecule has 2 rings (SSSR count). The standard InChI is InChI=1S/C16H15BrClNO3/c1-21-8-9-22-13-5-3-12(4-6-13)19-16(20)14-10-11(17)2-7-15(14)18/h2-7,10H,8-9H2,1H3,(H,19,20). The van der Waals surface area contributed by atoms with Gasteiger partial charge in [0.2, 0.25) is 0 Å². The summed E-state index contributed by atoms with van der Waals surface area (Å²) in [4.78, 5) is 12.2. The van der Waals surface area contributed by atoms with Gasteiger partial charge in [0.25, 0.3) is 5.91 Å². The van der Waals surface area contributed by atoms with E-state index in [-0.39, 0.29) is 5.91 Å². The highest BCUT2D eigenvalue weighted by Gasteiger charge is 2.11. The van der Waals surface area contributed by atoms with Crippen molar-refractivity contribution in [3.63, 3.8) is 0 Å². The summed E-state index contributed by atoms with van der Waals surface area (Å²) in [6.07, 6.45) is 0. The van der Waals surface area contributed by atoms with Crippen molar-refractivity contribution in [3.8, 4) is 5.75 Å². The number of nitrogens with one attached hydrogen (secondary N) is 1. The first-order valence-corrected chi connectivity index (χ1v) is 7.75. The molecule has 22 heavy (non-hydrogen) atoms. The van der Waals surface area contributed by atoms with Gasteiger partial charge in [-0.1, -0.05) is 27.5 Å². The van der Waals surface area contributed by atoms with Gasteiger partial charge in [-0.05, 0) is 42.5 Å². The third kappa shape index (κ3) is 4.73. The van der Waals surface area contributed by atoms with Crippen LogP contribution in [0.15, 0.2) is 46.9 Å². The molecule has 0 heterocycles. The summed E-state index contributed by atoms with van der Waals surface area (Å²) in [5.41, 5.74) is 1.08.